The van der Waals surface area contributed by atoms with Gasteiger partial charge >= 0.3 is 0 Å². The summed E-state index contributed by atoms with van der Waals surface area (Å²) in [4.78, 5) is 0. The summed E-state index contributed by atoms with van der Waals surface area (Å²) in [5.74, 6) is 0. The highest BCUT2D eigenvalue weighted by Gasteiger charge is 2.52. The minimum absolute atomic E-state index is 0.254. The number of fused-ring (bicyclic) bond motifs is 5. The molecule has 0 nitrogen and oxygen atoms in total. The van der Waals surface area contributed by atoms with Crippen LogP contribution < -0.4 is 37.1 Å². The van der Waals surface area contributed by atoms with Crippen LogP contribution in [0, 0.1) is 0 Å². The Kier molecular flexibility index (Phi) is 4.74. The molecule has 0 aliphatic carbocycles. The van der Waals surface area contributed by atoms with Crippen LogP contribution in [0.4, 0.5) is 0 Å². The summed E-state index contributed by atoms with van der Waals surface area (Å²) in [5.41, 5.74) is 9.84. The van der Waals surface area contributed by atoms with E-state index < -0.39 is 8.07 Å². The van der Waals surface area contributed by atoms with Gasteiger partial charge in [0.2, 0.25) is 6.71 Å². The van der Waals surface area contributed by atoms with E-state index in [1.54, 1.807) is 0 Å². The van der Waals surface area contributed by atoms with Crippen molar-refractivity contribution in [3.8, 4) is 22.3 Å². The molecule has 0 N–H and O–H groups in total. The third-order valence-corrected chi connectivity index (χ3v) is 13.6. The van der Waals surface area contributed by atoms with E-state index in [9.17, 15) is 0 Å². The maximum Gasteiger partial charge on any atom is 0.242 e. The summed E-state index contributed by atoms with van der Waals surface area (Å²) in [5, 5.41) is 5.95. The molecule has 0 saturated heterocycles. The molecule has 0 spiro atoms. The van der Waals surface area contributed by atoms with Crippen LogP contribution in [0.15, 0.2) is 152 Å². The highest BCUT2D eigenvalue weighted by molar-refractivity contribution is 7.27. The summed E-state index contributed by atoms with van der Waals surface area (Å²) in [6.45, 7) is 0.254. The highest BCUT2D eigenvalue weighted by atomic mass is 28.3. The van der Waals surface area contributed by atoms with Gasteiger partial charge in [-0.1, -0.05) is 168 Å². The average Bonchev–Trinajstić information content (AvgIpc) is 3.35. The van der Waals surface area contributed by atoms with Crippen molar-refractivity contribution in [2.24, 2.45) is 0 Å². The van der Waals surface area contributed by atoms with Crippen LogP contribution in [-0.4, -0.2) is 14.8 Å². The predicted octanol–water partition coefficient (Wildman–Crippen LogP) is 3.54. The van der Waals surface area contributed by atoms with Crippen LogP contribution in [0.2, 0.25) is 0 Å². The Morgan fingerprint density at radius 2 is 0.921 bits per heavy atom. The van der Waals surface area contributed by atoms with E-state index >= 15 is 0 Å². The van der Waals surface area contributed by atoms with E-state index in [-0.39, 0.29) is 6.71 Å². The molecule has 8 rings (SSSR count). The topological polar surface area (TPSA) is 0 Å². The maximum atomic E-state index is 2.45. The lowest BCUT2D eigenvalue weighted by Crippen LogP contribution is -2.86. The zero-order valence-corrected chi connectivity index (χ0v) is 22.0. The molecule has 6 aromatic rings. The highest BCUT2D eigenvalue weighted by Crippen LogP contribution is 2.34. The van der Waals surface area contributed by atoms with Gasteiger partial charge in [0.1, 0.15) is 0 Å². The zero-order chi connectivity index (χ0) is 25.1. The molecule has 0 aromatic heterocycles. The average molecular weight is 496 g/mol. The van der Waals surface area contributed by atoms with Crippen LogP contribution in [0.3, 0.4) is 0 Å². The smallest absolute Gasteiger partial charge is 0.0682 e. The molecule has 38 heavy (non-hydrogen) atoms. The van der Waals surface area contributed by atoms with Crippen LogP contribution in [-0.2, 0) is 0 Å². The molecule has 0 saturated carbocycles. The Morgan fingerprint density at radius 1 is 0.395 bits per heavy atom. The van der Waals surface area contributed by atoms with Crippen LogP contribution >= 0.6 is 0 Å². The van der Waals surface area contributed by atoms with Gasteiger partial charge in [-0.25, -0.2) is 0 Å². The number of hydrogen-bond acceptors (Lipinski definition) is 0. The molecule has 0 bridgehead atoms. The summed E-state index contributed by atoms with van der Waals surface area (Å²) in [6, 6.07) is 56.9. The van der Waals surface area contributed by atoms with Crippen LogP contribution in [0.1, 0.15) is 0 Å². The lowest BCUT2D eigenvalue weighted by Gasteiger charge is -2.42. The molecule has 2 heteroatoms. The van der Waals surface area contributed by atoms with Gasteiger partial charge in [-0.15, -0.1) is 0 Å². The Labute approximate surface area is 225 Å². The molecule has 0 radical (unpaired) electrons. The molecular weight excluding hydrogens is 471 g/mol. The normalized spacial score (nSPS) is 13.9. The van der Waals surface area contributed by atoms with Crippen molar-refractivity contribution in [1.29, 1.82) is 0 Å². The minimum Gasteiger partial charge on any atom is -0.0682 e. The van der Waals surface area contributed by atoms with Gasteiger partial charge in [0.25, 0.3) is 0 Å². The van der Waals surface area contributed by atoms with Crippen molar-refractivity contribution in [2.45, 2.75) is 0 Å². The van der Waals surface area contributed by atoms with Crippen LogP contribution in [0.5, 0.6) is 0 Å². The molecule has 0 atom stereocenters. The van der Waals surface area contributed by atoms with Crippen molar-refractivity contribution in [3.63, 3.8) is 0 Å². The van der Waals surface area contributed by atoms with Gasteiger partial charge in [-0.2, -0.15) is 0 Å². The van der Waals surface area contributed by atoms with Crippen molar-refractivity contribution in [2.75, 3.05) is 0 Å². The Morgan fingerprint density at radius 3 is 1.63 bits per heavy atom. The van der Waals surface area contributed by atoms with E-state index in [1.807, 2.05) is 0 Å². The summed E-state index contributed by atoms with van der Waals surface area (Å²) in [7, 11) is -2.55. The second-order valence-electron chi connectivity index (χ2n) is 10.4. The van der Waals surface area contributed by atoms with E-state index in [0.717, 1.165) is 0 Å². The summed E-state index contributed by atoms with van der Waals surface area (Å²) < 4.78 is 0. The minimum atomic E-state index is -2.55. The summed E-state index contributed by atoms with van der Waals surface area (Å²) in [6.07, 6.45) is 0. The number of hydrogen-bond donors (Lipinski definition) is 0. The van der Waals surface area contributed by atoms with Gasteiger partial charge in [0.05, 0.1) is 0 Å². The molecule has 2 heterocycles. The number of rotatable bonds is 3. The second-order valence-corrected chi connectivity index (χ2v) is 14.1. The van der Waals surface area contributed by atoms with Gasteiger partial charge in [-0.3, -0.25) is 0 Å². The Bertz CT molecular complexity index is 1770. The predicted molar refractivity (Wildman–Crippen MR) is 166 cm³/mol. The SMILES string of the molecule is c1ccc(-c2cccc3c2-c2cccc4c2B3c2ccccc2[Si]4(c2ccccc2)c2ccccc2)cc1. The molecule has 0 fully saturated rings. The van der Waals surface area contributed by atoms with Crippen molar-refractivity contribution < 1.29 is 0 Å². The molecule has 0 unspecified atom stereocenters. The van der Waals surface area contributed by atoms with Crippen molar-refractivity contribution in [1.82, 2.24) is 0 Å². The quantitative estimate of drug-likeness (QED) is 0.329. The maximum absolute atomic E-state index is 2.55. The van der Waals surface area contributed by atoms with E-state index in [0.29, 0.717) is 0 Å². The van der Waals surface area contributed by atoms with Crippen molar-refractivity contribution >= 4 is 51.9 Å². The van der Waals surface area contributed by atoms with E-state index in [2.05, 4.69) is 152 Å². The van der Waals surface area contributed by atoms with Gasteiger partial charge < -0.3 is 0 Å². The van der Waals surface area contributed by atoms with E-state index in [4.69, 9.17) is 0 Å². The molecule has 176 valence electrons. The monoisotopic (exact) mass is 496 g/mol. The van der Waals surface area contributed by atoms with E-state index in [1.165, 1.54) is 59.4 Å². The first-order valence-corrected chi connectivity index (χ1v) is 15.4. The zero-order valence-electron chi connectivity index (χ0n) is 21.0. The number of benzene rings is 6. The standard InChI is InChI=1S/C36H25BSi/c1-4-14-26(15-5-1)29-20-12-23-32-35(29)30-21-13-25-34-36(30)37(32)31-22-10-11-24-33(31)38(34,27-16-6-2-7-17-27)28-18-8-3-9-19-28/h1-25H. The lowest BCUT2D eigenvalue weighted by molar-refractivity contribution is 1.63. The first-order chi connectivity index (χ1) is 18.9. The Hall–Kier alpha value is -4.40. The molecule has 0 amide bonds. The van der Waals surface area contributed by atoms with Gasteiger partial charge in [0, 0.05) is 0 Å². The fourth-order valence-electron chi connectivity index (χ4n) is 7.27. The second kappa shape index (κ2) is 8.31. The first-order valence-electron chi connectivity index (χ1n) is 13.4. The first kappa shape index (κ1) is 21.7. The van der Waals surface area contributed by atoms with Gasteiger partial charge in [0.15, 0.2) is 8.07 Å². The summed E-state index contributed by atoms with van der Waals surface area (Å²) >= 11 is 0. The largest absolute Gasteiger partial charge is 0.242 e. The molecular formula is C36H25BSi. The Balaban J connectivity index is 1.54. The molecule has 6 aromatic carbocycles. The third kappa shape index (κ3) is 2.81. The van der Waals surface area contributed by atoms with Crippen LogP contribution in [0.25, 0.3) is 22.3 Å². The fraction of sp³-hybridized carbons (Fsp3) is 0. The molecule has 2 aliphatic heterocycles. The van der Waals surface area contributed by atoms with Gasteiger partial charge in [-0.05, 0) is 43.0 Å². The third-order valence-electron chi connectivity index (χ3n) is 8.65. The fourth-order valence-corrected chi connectivity index (χ4v) is 12.6. The van der Waals surface area contributed by atoms with Crippen molar-refractivity contribution in [3.05, 3.63) is 152 Å². The molecule has 2 aliphatic rings. The lowest BCUT2D eigenvalue weighted by atomic mass is 9.38.